The van der Waals surface area contributed by atoms with Gasteiger partial charge in [-0.15, -0.1) is 0 Å². The number of rotatable bonds is 2. The second kappa shape index (κ2) is 3.95. The Hall–Kier alpha value is -1.11. The molecule has 0 radical (unpaired) electrons. The van der Waals surface area contributed by atoms with E-state index in [4.69, 9.17) is 5.41 Å². The minimum absolute atomic E-state index is 0.196. The van der Waals surface area contributed by atoms with Gasteiger partial charge in [-0.2, -0.15) is 0 Å². The molecule has 1 N–H and O–H groups in total. The van der Waals surface area contributed by atoms with Crippen molar-refractivity contribution in [3.05, 3.63) is 35.5 Å². The van der Waals surface area contributed by atoms with Crippen LogP contribution in [0.25, 0.3) is 0 Å². The molecule has 76 valence electrons. The summed E-state index contributed by atoms with van der Waals surface area (Å²) in [5.41, 5.74) is 3.05. The molecule has 1 rings (SSSR count). The summed E-state index contributed by atoms with van der Waals surface area (Å²) in [5, 5.41) is 7.82. The first-order valence-electron chi connectivity index (χ1n) is 5.13. The quantitative estimate of drug-likeness (QED) is 0.637. The lowest BCUT2D eigenvalue weighted by Crippen LogP contribution is -2.20. The van der Waals surface area contributed by atoms with Gasteiger partial charge in [0.15, 0.2) is 0 Å². The molecule has 0 aromatic heterocycles. The Labute approximate surface area is 86.7 Å². The molecule has 1 heteroatoms. The van der Waals surface area contributed by atoms with Gasteiger partial charge in [0.05, 0.1) is 0 Å². The Morgan fingerprint density at radius 1 is 1.36 bits per heavy atom. The van der Waals surface area contributed by atoms with E-state index >= 15 is 0 Å². The van der Waals surface area contributed by atoms with Crippen molar-refractivity contribution >= 4 is 5.71 Å². The molecule has 0 bridgehead atoms. The van der Waals surface area contributed by atoms with E-state index in [2.05, 4.69) is 45.1 Å². The van der Waals surface area contributed by atoms with Gasteiger partial charge in [0.2, 0.25) is 0 Å². The molecular weight excluding hydrogens is 170 g/mol. The van der Waals surface area contributed by atoms with E-state index in [1.54, 1.807) is 0 Å². The zero-order valence-corrected chi connectivity index (χ0v) is 9.52. The predicted octanol–water partition coefficient (Wildman–Crippen LogP) is 3.88. The lowest BCUT2D eigenvalue weighted by atomic mass is 9.83. The first-order chi connectivity index (χ1) is 6.48. The molecule has 1 aliphatic carbocycles. The van der Waals surface area contributed by atoms with Crippen LogP contribution in [0, 0.1) is 10.8 Å². The van der Waals surface area contributed by atoms with Crippen LogP contribution >= 0.6 is 0 Å². The summed E-state index contributed by atoms with van der Waals surface area (Å²) in [6.45, 7) is 8.21. The van der Waals surface area contributed by atoms with Crippen LogP contribution in [0.2, 0.25) is 0 Å². The molecule has 0 spiro atoms. The fourth-order valence-corrected chi connectivity index (χ4v) is 1.67. The first-order valence-corrected chi connectivity index (χ1v) is 5.13. The third-order valence-corrected chi connectivity index (χ3v) is 2.79. The topological polar surface area (TPSA) is 23.9 Å². The molecule has 1 aliphatic rings. The van der Waals surface area contributed by atoms with Crippen LogP contribution < -0.4 is 0 Å². The number of hydrogen-bond donors (Lipinski definition) is 1. The lowest BCUT2D eigenvalue weighted by molar-refractivity contribution is 0.747. The number of nitrogens with one attached hydrogen (secondary N) is 1. The van der Waals surface area contributed by atoms with Gasteiger partial charge in [0.1, 0.15) is 0 Å². The van der Waals surface area contributed by atoms with Crippen LogP contribution in [-0.4, -0.2) is 5.71 Å². The van der Waals surface area contributed by atoms with Crippen molar-refractivity contribution in [3.63, 3.8) is 0 Å². The molecule has 1 unspecified atom stereocenters. The van der Waals surface area contributed by atoms with E-state index in [0.29, 0.717) is 5.71 Å². The minimum Gasteiger partial charge on any atom is -0.309 e. The lowest BCUT2D eigenvalue weighted by Gasteiger charge is -2.21. The zero-order chi connectivity index (χ0) is 10.8. The molecule has 1 nitrogen and oxygen atoms in total. The van der Waals surface area contributed by atoms with E-state index in [1.807, 2.05) is 6.92 Å². The van der Waals surface area contributed by atoms with Crippen LogP contribution in [0.1, 0.15) is 34.1 Å². The van der Waals surface area contributed by atoms with Crippen molar-refractivity contribution in [2.45, 2.75) is 34.1 Å². The SMILES string of the molecule is CCC1=CC(C)(C(C)=N)C=C(C)C=C1. The third-order valence-electron chi connectivity index (χ3n) is 2.79. The second-order valence-electron chi connectivity index (χ2n) is 4.20. The van der Waals surface area contributed by atoms with Gasteiger partial charge in [-0.3, -0.25) is 0 Å². The van der Waals surface area contributed by atoms with Crippen molar-refractivity contribution in [3.8, 4) is 0 Å². The molecule has 0 aromatic carbocycles. The smallest absolute Gasteiger partial charge is 0.0419 e. The summed E-state index contributed by atoms with van der Waals surface area (Å²) in [4.78, 5) is 0. The van der Waals surface area contributed by atoms with E-state index in [9.17, 15) is 0 Å². The number of hydrogen-bond acceptors (Lipinski definition) is 1. The van der Waals surface area contributed by atoms with Crippen molar-refractivity contribution in [2.24, 2.45) is 5.41 Å². The van der Waals surface area contributed by atoms with Crippen LogP contribution in [0.5, 0.6) is 0 Å². The summed E-state index contributed by atoms with van der Waals surface area (Å²) < 4.78 is 0. The van der Waals surface area contributed by atoms with E-state index < -0.39 is 0 Å². The molecule has 0 heterocycles. The van der Waals surface area contributed by atoms with Crippen LogP contribution in [0.4, 0.5) is 0 Å². The molecular formula is C13H19N. The summed E-state index contributed by atoms with van der Waals surface area (Å²) in [6, 6.07) is 0. The average molecular weight is 189 g/mol. The molecule has 14 heavy (non-hydrogen) atoms. The predicted molar refractivity (Wildman–Crippen MR) is 62.8 cm³/mol. The number of allylic oxidation sites excluding steroid dienone is 6. The van der Waals surface area contributed by atoms with Gasteiger partial charge in [0.25, 0.3) is 0 Å². The van der Waals surface area contributed by atoms with Crippen molar-refractivity contribution < 1.29 is 0 Å². The van der Waals surface area contributed by atoms with Gasteiger partial charge < -0.3 is 5.41 Å². The summed E-state index contributed by atoms with van der Waals surface area (Å²) in [6.07, 6.45) is 9.67. The molecule has 0 amide bonds. The van der Waals surface area contributed by atoms with E-state index in [1.165, 1.54) is 11.1 Å². The standard InChI is InChI=1S/C13H19N/c1-5-12-7-6-10(2)8-13(4,9-12)11(3)14/h6-9,14H,5H2,1-4H3. The maximum atomic E-state index is 7.82. The van der Waals surface area contributed by atoms with Crippen molar-refractivity contribution in [1.29, 1.82) is 5.41 Å². The van der Waals surface area contributed by atoms with Gasteiger partial charge in [-0.25, -0.2) is 0 Å². The summed E-state index contributed by atoms with van der Waals surface area (Å²) >= 11 is 0. The van der Waals surface area contributed by atoms with Crippen molar-refractivity contribution in [2.75, 3.05) is 0 Å². The fraction of sp³-hybridized carbons (Fsp3) is 0.462. The van der Waals surface area contributed by atoms with Gasteiger partial charge in [-0.1, -0.05) is 42.4 Å². The molecule has 0 saturated carbocycles. The van der Waals surface area contributed by atoms with Crippen LogP contribution in [-0.2, 0) is 0 Å². The molecule has 0 aliphatic heterocycles. The molecule has 1 atom stereocenters. The van der Waals surface area contributed by atoms with E-state index in [-0.39, 0.29) is 5.41 Å². The Balaban J connectivity index is 3.18. The Morgan fingerprint density at radius 3 is 2.50 bits per heavy atom. The Bertz CT molecular complexity index is 331. The second-order valence-corrected chi connectivity index (χ2v) is 4.20. The van der Waals surface area contributed by atoms with Gasteiger partial charge in [-0.05, 0) is 27.2 Å². The highest BCUT2D eigenvalue weighted by molar-refractivity contribution is 5.89. The normalized spacial score (nSPS) is 26.6. The molecule has 0 aromatic rings. The highest BCUT2D eigenvalue weighted by Gasteiger charge is 2.22. The summed E-state index contributed by atoms with van der Waals surface area (Å²) in [5.74, 6) is 0. The summed E-state index contributed by atoms with van der Waals surface area (Å²) in [7, 11) is 0. The van der Waals surface area contributed by atoms with Gasteiger partial charge in [0, 0.05) is 11.1 Å². The van der Waals surface area contributed by atoms with Gasteiger partial charge >= 0.3 is 0 Å². The molecule has 0 saturated heterocycles. The third kappa shape index (κ3) is 2.22. The fourth-order valence-electron chi connectivity index (χ4n) is 1.67. The monoisotopic (exact) mass is 189 g/mol. The maximum absolute atomic E-state index is 7.82. The van der Waals surface area contributed by atoms with Crippen LogP contribution in [0.15, 0.2) is 35.5 Å². The highest BCUT2D eigenvalue weighted by atomic mass is 14.5. The maximum Gasteiger partial charge on any atom is 0.0419 e. The van der Waals surface area contributed by atoms with Crippen molar-refractivity contribution in [1.82, 2.24) is 0 Å². The van der Waals surface area contributed by atoms with Crippen LogP contribution in [0.3, 0.4) is 0 Å². The average Bonchev–Trinajstić information content (AvgIpc) is 2.25. The Morgan fingerprint density at radius 2 is 2.00 bits per heavy atom. The van der Waals surface area contributed by atoms with E-state index in [0.717, 1.165) is 6.42 Å². The highest BCUT2D eigenvalue weighted by Crippen LogP contribution is 2.29. The molecule has 0 fully saturated rings. The zero-order valence-electron chi connectivity index (χ0n) is 9.52. The first kappa shape index (κ1) is 11.0. The minimum atomic E-state index is -0.196. The Kier molecular flexibility index (Phi) is 3.10. The largest absolute Gasteiger partial charge is 0.309 e.